The van der Waals surface area contributed by atoms with Crippen molar-refractivity contribution in [1.82, 2.24) is 0 Å². The van der Waals surface area contributed by atoms with Crippen LogP contribution in [0, 0.1) is 12.3 Å². The zero-order valence-corrected chi connectivity index (χ0v) is 8.73. The molecule has 1 heteroatoms. The number of hydrogen-bond donors (Lipinski definition) is 0. The normalized spacial score (nSPS) is 9.54. The van der Waals surface area contributed by atoms with E-state index in [-0.39, 0.29) is 0 Å². The average Bonchev–Trinajstić information content (AvgIpc) is 2.17. The summed E-state index contributed by atoms with van der Waals surface area (Å²) >= 11 is 1.87. The Morgan fingerprint density at radius 1 is 1.31 bits per heavy atom. The Labute approximate surface area is 84.7 Å². The van der Waals surface area contributed by atoms with Crippen LogP contribution in [0.5, 0.6) is 0 Å². The Hall–Kier alpha value is -0.870. The summed E-state index contributed by atoms with van der Waals surface area (Å²) in [5.41, 5.74) is 1.33. The molecular formula is C12H14S. The molecule has 0 saturated heterocycles. The first-order valence-corrected chi connectivity index (χ1v) is 5.50. The van der Waals surface area contributed by atoms with Gasteiger partial charge in [0.1, 0.15) is 0 Å². The molecule has 1 aromatic rings. The monoisotopic (exact) mass is 190 g/mol. The molecule has 0 fully saturated rings. The molecule has 0 unspecified atom stereocenters. The fourth-order valence-corrected chi connectivity index (χ4v) is 1.80. The van der Waals surface area contributed by atoms with Crippen molar-refractivity contribution in [2.24, 2.45) is 0 Å². The van der Waals surface area contributed by atoms with E-state index < -0.39 is 0 Å². The van der Waals surface area contributed by atoms with Gasteiger partial charge in [-0.1, -0.05) is 19.1 Å². The molecule has 0 aliphatic heterocycles. The third-order valence-electron chi connectivity index (χ3n) is 1.79. The molecule has 1 rings (SSSR count). The molecule has 1 aromatic carbocycles. The molecule has 13 heavy (non-hydrogen) atoms. The summed E-state index contributed by atoms with van der Waals surface area (Å²) in [6.07, 6.45) is 7.03. The summed E-state index contributed by atoms with van der Waals surface area (Å²) in [4.78, 5) is 1.34. The van der Waals surface area contributed by atoms with E-state index in [4.69, 9.17) is 6.42 Å². The van der Waals surface area contributed by atoms with E-state index in [1.807, 2.05) is 11.8 Å². The van der Waals surface area contributed by atoms with Crippen molar-refractivity contribution >= 4 is 11.8 Å². The van der Waals surface area contributed by atoms with Crippen LogP contribution in [-0.4, -0.2) is 5.75 Å². The van der Waals surface area contributed by atoms with Gasteiger partial charge in [-0.2, -0.15) is 0 Å². The van der Waals surface area contributed by atoms with Crippen LogP contribution >= 0.6 is 11.8 Å². The Morgan fingerprint density at radius 2 is 2.00 bits per heavy atom. The highest BCUT2D eigenvalue weighted by Crippen LogP contribution is 2.18. The molecule has 0 aliphatic carbocycles. The fraction of sp³-hybridized carbons (Fsp3) is 0.333. The minimum Gasteiger partial charge on any atom is -0.126 e. The van der Waals surface area contributed by atoms with Crippen molar-refractivity contribution < 1.29 is 0 Å². The average molecular weight is 190 g/mol. The van der Waals surface area contributed by atoms with Gasteiger partial charge in [0.15, 0.2) is 0 Å². The van der Waals surface area contributed by atoms with Gasteiger partial charge in [-0.25, -0.2) is 0 Å². The lowest BCUT2D eigenvalue weighted by molar-refractivity contribution is 1.03. The maximum Gasteiger partial charge on any atom is 0.0127 e. The van der Waals surface area contributed by atoms with E-state index in [1.54, 1.807) is 0 Å². The lowest BCUT2D eigenvalue weighted by Gasteiger charge is -2.00. The molecule has 0 aromatic heterocycles. The molecule has 0 spiro atoms. The maximum absolute atomic E-state index is 5.20. The van der Waals surface area contributed by atoms with Gasteiger partial charge in [0, 0.05) is 11.3 Å². The molecule has 0 bridgehead atoms. The molecule has 0 aliphatic rings. The molecule has 68 valence electrons. The summed E-state index contributed by atoms with van der Waals surface area (Å²) in [6.45, 7) is 2.16. The predicted molar refractivity (Wildman–Crippen MR) is 60.0 cm³/mol. The lowest BCUT2D eigenvalue weighted by Crippen LogP contribution is -1.83. The van der Waals surface area contributed by atoms with Gasteiger partial charge in [-0.3, -0.25) is 0 Å². The zero-order chi connectivity index (χ0) is 9.52. The topological polar surface area (TPSA) is 0 Å². The second-order valence-corrected chi connectivity index (χ2v) is 4.12. The van der Waals surface area contributed by atoms with Crippen LogP contribution in [0.25, 0.3) is 0 Å². The van der Waals surface area contributed by atoms with Gasteiger partial charge >= 0.3 is 0 Å². The molecule has 0 atom stereocenters. The number of terminal acetylenes is 1. The van der Waals surface area contributed by atoms with Crippen molar-refractivity contribution in [2.75, 3.05) is 5.75 Å². The summed E-state index contributed by atoms with van der Waals surface area (Å²) < 4.78 is 0. The molecule has 0 nitrogen and oxygen atoms in total. The quantitative estimate of drug-likeness (QED) is 0.518. The SMILES string of the molecule is C#CCCc1ccc(SCC)cc1. The minimum atomic E-state index is 0.834. The van der Waals surface area contributed by atoms with E-state index in [1.165, 1.54) is 10.5 Å². The predicted octanol–water partition coefficient (Wildman–Crippen LogP) is 3.36. The van der Waals surface area contributed by atoms with Crippen LogP contribution in [0.1, 0.15) is 18.9 Å². The maximum atomic E-state index is 5.20. The Bertz CT molecular complexity index is 279. The number of rotatable bonds is 4. The lowest BCUT2D eigenvalue weighted by atomic mass is 10.1. The largest absolute Gasteiger partial charge is 0.126 e. The van der Waals surface area contributed by atoms with E-state index in [9.17, 15) is 0 Å². The van der Waals surface area contributed by atoms with Crippen molar-refractivity contribution in [3.63, 3.8) is 0 Å². The van der Waals surface area contributed by atoms with Crippen molar-refractivity contribution in [1.29, 1.82) is 0 Å². The van der Waals surface area contributed by atoms with Crippen LogP contribution in [0.15, 0.2) is 29.2 Å². The van der Waals surface area contributed by atoms with Crippen molar-refractivity contribution in [2.45, 2.75) is 24.7 Å². The molecule has 0 amide bonds. The van der Waals surface area contributed by atoms with Crippen LogP contribution < -0.4 is 0 Å². The Balaban J connectivity index is 2.54. The third kappa shape index (κ3) is 3.57. The summed E-state index contributed by atoms with van der Waals surface area (Å²) in [5, 5.41) is 0. The van der Waals surface area contributed by atoms with E-state index in [0.717, 1.165) is 18.6 Å². The zero-order valence-electron chi connectivity index (χ0n) is 7.92. The summed E-state index contributed by atoms with van der Waals surface area (Å²) in [6, 6.07) is 8.66. The number of benzene rings is 1. The summed E-state index contributed by atoms with van der Waals surface area (Å²) in [7, 11) is 0. The first kappa shape index (κ1) is 10.2. The highest BCUT2D eigenvalue weighted by Gasteiger charge is 1.93. The highest BCUT2D eigenvalue weighted by molar-refractivity contribution is 7.99. The number of hydrogen-bond acceptors (Lipinski definition) is 1. The van der Waals surface area contributed by atoms with Crippen molar-refractivity contribution in [3.8, 4) is 12.3 Å². The molecule has 0 saturated carbocycles. The molecule has 0 heterocycles. The van der Waals surface area contributed by atoms with Gasteiger partial charge in [-0.15, -0.1) is 24.1 Å². The second kappa shape index (κ2) is 5.72. The smallest absolute Gasteiger partial charge is 0.0127 e. The van der Waals surface area contributed by atoms with Gasteiger partial charge in [0.05, 0.1) is 0 Å². The van der Waals surface area contributed by atoms with Gasteiger partial charge in [0.2, 0.25) is 0 Å². The second-order valence-electron chi connectivity index (χ2n) is 2.78. The van der Waals surface area contributed by atoms with Crippen LogP contribution in [0.2, 0.25) is 0 Å². The van der Waals surface area contributed by atoms with E-state index >= 15 is 0 Å². The Morgan fingerprint density at radius 3 is 2.54 bits per heavy atom. The van der Waals surface area contributed by atoms with Gasteiger partial charge in [0.25, 0.3) is 0 Å². The first-order chi connectivity index (χ1) is 6.36. The molecular weight excluding hydrogens is 176 g/mol. The molecule has 0 N–H and O–H groups in total. The van der Waals surface area contributed by atoms with E-state index in [2.05, 4.69) is 37.1 Å². The number of aryl methyl sites for hydroxylation is 1. The summed E-state index contributed by atoms with van der Waals surface area (Å²) in [5.74, 6) is 3.78. The molecule has 0 radical (unpaired) electrons. The first-order valence-electron chi connectivity index (χ1n) is 4.52. The third-order valence-corrected chi connectivity index (χ3v) is 2.69. The Kier molecular flexibility index (Phi) is 4.49. The van der Waals surface area contributed by atoms with E-state index in [0.29, 0.717) is 0 Å². The standard InChI is InChI=1S/C12H14S/c1-3-5-6-11-7-9-12(10-8-11)13-4-2/h1,7-10H,4-6H2,2H3. The van der Waals surface area contributed by atoms with Gasteiger partial charge in [-0.05, 0) is 29.9 Å². The fourth-order valence-electron chi connectivity index (χ4n) is 1.14. The number of thioether (sulfide) groups is 1. The highest BCUT2D eigenvalue weighted by atomic mass is 32.2. The van der Waals surface area contributed by atoms with Crippen LogP contribution in [-0.2, 0) is 6.42 Å². The van der Waals surface area contributed by atoms with Crippen LogP contribution in [0.4, 0.5) is 0 Å². The minimum absolute atomic E-state index is 0.834. The van der Waals surface area contributed by atoms with Crippen molar-refractivity contribution in [3.05, 3.63) is 29.8 Å². The van der Waals surface area contributed by atoms with Gasteiger partial charge < -0.3 is 0 Å². The van der Waals surface area contributed by atoms with Crippen LogP contribution in [0.3, 0.4) is 0 Å².